The lowest BCUT2D eigenvalue weighted by Crippen LogP contribution is -2.45. The van der Waals surface area contributed by atoms with E-state index in [1.165, 1.54) is 10.4 Å². The molecule has 1 aromatic heterocycles. The van der Waals surface area contributed by atoms with Gasteiger partial charge in [0.05, 0.1) is 13.2 Å². The largest absolute Gasteiger partial charge is 0.497 e. The van der Waals surface area contributed by atoms with Crippen molar-refractivity contribution < 1.29 is 9.53 Å². The molecule has 0 fully saturated rings. The smallest absolute Gasteiger partial charge is 0.320 e. The van der Waals surface area contributed by atoms with E-state index in [0.29, 0.717) is 0 Å². The molecule has 3 rings (SSSR count). The van der Waals surface area contributed by atoms with Crippen LogP contribution in [0.2, 0.25) is 0 Å². The van der Waals surface area contributed by atoms with Gasteiger partial charge in [-0.1, -0.05) is 12.1 Å². The molecule has 1 atom stereocenters. The van der Waals surface area contributed by atoms with E-state index < -0.39 is 0 Å². The van der Waals surface area contributed by atoms with Gasteiger partial charge in [0.2, 0.25) is 0 Å². The summed E-state index contributed by atoms with van der Waals surface area (Å²) < 4.78 is 5.24. The highest BCUT2D eigenvalue weighted by Gasteiger charge is 2.33. The van der Waals surface area contributed by atoms with E-state index in [2.05, 4.69) is 11.4 Å². The molecule has 0 spiro atoms. The molecule has 0 N–H and O–H groups in total. The zero-order valence-electron chi connectivity index (χ0n) is 13.1. The minimum absolute atomic E-state index is 0.0178. The van der Waals surface area contributed by atoms with Crippen LogP contribution in [-0.4, -0.2) is 43.6 Å². The van der Waals surface area contributed by atoms with Gasteiger partial charge in [-0.15, -0.1) is 11.3 Å². The summed E-state index contributed by atoms with van der Waals surface area (Å²) in [4.78, 5) is 17.5. The van der Waals surface area contributed by atoms with Crippen molar-refractivity contribution in [3.8, 4) is 5.75 Å². The van der Waals surface area contributed by atoms with E-state index in [9.17, 15) is 4.79 Å². The molecular formula is C17H20N2O2S. The van der Waals surface area contributed by atoms with Crippen LogP contribution in [0.4, 0.5) is 4.79 Å². The number of rotatable bonds is 2. The number of hydrogen-bond donors (Lipinski definition) is 0. The SMILES string of the molecule is COc1ccc(C2c3ccsc3CCN2C(=O)N(C)C)cc1. The van der Waals surface area contributed by atoms with Crippen LogP contribution in [0.25, 0.3) is 0 Å². The molecule has 0 saturated heterocycles. The van der Waals surface area contributed by atoms with Crippen molar-refractivity contribution in [2.45, 2.75) is 12.5 Å². The first-order valence-electron chi connectivity index (χ1n) is 7.30. The number of nitrogens with zero attached hydrogens (tertiary/aromatic N) is 2. The fourth-order valence-corrected chi connectivity index (χ4v) is 3.83. The number of thiophene rings is 1. The minimum atomic E-state index is -0.0178. The monoisotopic (exact) mass is 316 g/mol. The predicted octanol–water partition coefficient (Wildman–Crippen LogP) is 3.39. The number of urea groups is 1. The van der Waals surface area contributed by atoms with E-state index in [1.807, 2.05) is 29.2 Å². The van der Waals surface area contributed by atoms with Gasteiger partial charge in [0, 0.05) is 25.5 Å². The third kappa shape index (κ3) is 2.57. The van der Waals surface area contributed by atoms with Crippen LogP contribution in [-0.2, 0) is 6.42 Å². The van der Waals surface area contributed by atoms with Crippen molar-refractivity contribution in [3.63, 3.8) is 0 Å². The molecule has 22 heavy (non-hydrogen) atoms. The summed E-state index contributed by atoms with van der Waals surface area (Å²) in [6.45, 7) is 0.751. The molecule has 2 aromatic rings. The molecular weight excluding hydrogens is 296 g/mol. The van der Waals surface area contributed by atoms with Gasteiger partial charge in [-0.2, -0.15) is 0 Å². The lowest BCUT2D eigenvalue weighted by atomic mass is 9.93. The van der Waals surface area contributed by atoms with Crippen molar-refractivity contribution >= 4 is 17.4 Å². The summed E-state index contributed by atoms with van der Waals surface area (Å²) in [5.74, 6) is 0.829. The zero-order chi connectivity index (χ0) is 15.7. The maximum absolute atomic E-state index is 12.6. The molecule has 1 aliphatic heterocycles. The number of ether oxygens (including phenoxy) is 1. The topological polar surface area (TPSA) is 32.8 Å². The lowest BCUT2D eigenvalue weighted by molar-refractivity contribution is 0.154. The molecule has 1 aliphatic rings. The van der Waals surface area contributed by atoms with Gasteiger partial charge < -0.3 is 14.5 Å². The summed E-state index contributed by atoms with van der Waals surface area (Å²) >= 11 is 1.78. The Hall–Kier alpha value is -2.01. The Labute approximate surface area is 134 Å². The van der Waals surface area contributed by atoms with Crippen LogP contribution in [0.5, 0.6) is 5.75 Å². The molecule has 0 aliphatic carbocycles. The molecule has 1 unspecified atom stereocenters. The number of amides is 2. The van der Waals surface area contributed by atoms with E-state index in [-0.39, 0.29) is 12.1 Å². The zero-order valence-corrected chi connectivity index (χ0v) is 13.9. The number of carbonyl (C=O) groups is 1. The van der Waals surface area contributed by atoms with Gasteiger partial charge in [0.25, 0.3) is 0 Å². The van der Waals surface area contributed by atoms with Crippen LogP contribution in [0.1, 0.15) is 22.0 Å². The van der Waals surface area contributed by atoms with Crippen molar-refractivity contribution in [3.05, 3.63) is 51.7 Å². The van der Waals surface area contributed by atoms with Crippen molar-refractivity contribution in [1.82, 2.24) is 9.80 Å². The Morgan fingerprint density at radius 2 is 2.00 bits per heavy atom. The van der Waals surface area contributed by atoms with Crippen LogP contribution in [0.15, 0.2) is 35.7 Å². The third-order valence-electron chi connectivity index (χ3n) is 4.03. The van der Waals surface area contributed by atoms with Gasteiger partial charge in [-0.25, -0.2) is 4.79 Å². The van der Waals surface area contributed by atoms with E-state index in [4.69, 9.17) is 4.74 Å². The van der Waals surface area contributed by atoms with Gasteiger partial charge in [-0.3, -0.25) is 0 Å². The Kier molecular flexibility index (Phi) is 4.07. The fraction of sp³-hybridized carbons (Fsp3) is 0.353. The molecule has 2 amide bonds. The maximum Gasteiger partial charge on any atom is 0.320 e. The summed E-state index contributed by atoms with van der Waals surface area (Å²) in [5.41, 5.74) is 2.37. The van der Waals surface area contributed by atoms with Crippen molar-refractivity contribution in [2.75, 3.05) is 27.7 Å². The summed E-state index contributed by atoms with van der Waals surface area (Å²) in [6, 6.07) is 10.2. The molecule has 0 bridgehead atoms. The molecule has 2 heterocycles. The standard InChI is InChI=1S/C17H20N2O2S/c1-18(2)17(20)19-10-8-15-14(9-11-22-15)16(19)12-4-6-13(21-3)7-5-12/h4-7,9,11,16H,8,10H2,1-3H3. The second-order valence-electron chi connectivity index (χ2n) is 5.60. The summed E-state index contributed by atoms with van der Waals surface area (Å²) in [7, 11) is 5.27. The van der Waals surface area contributed by atoms with Crippen LogP contribution >= 0.6 is 11.3 Å². The molecule has 0 radical (unpaired) electrons. The number of benzene rings is 1. The predicted molar refractivity (Wildman–Crippen MR) is 88.6 cm³/mol. The van der Waals surface area contributed by atoms with E-state index in [1.54, 1.807) is 37.4 Å². The lowest BCUT2D eigenvalue weighted by Gasteiger charge is -2.37. The molecule has 4 nitrogen and oxygen atoms in total. The second kappa shape index (κ2) is 6.01. The first-order chi connectivity index (χ1) is 10.6. The quantitative estimate of drug-likeness (QED) is 0.851. The number of carbonyl (C=O) groups excluding carboxylic acids is 1. The van der Waals surface area contributed by atoms with Crippen LogP contribution in [0, 0.1) is 0 Å². The van der Waals surface area contributed by atoms with E-state index >= 15 is 0 Å². The number of fused-ring (bicyclic) bond motifs is 1. The first-order valence-corrected chi connectivity index (χ1v) is 8.18. The normalized spacial score (nSPS) is 17.0. The Bertz CT molecular complexity index is 664. The first kappa shape index (κ1) is 14.9. The summed E-state index contributed by atoms with van der Waals surface area (Å²) in [6.07, 6.45) is 0.930. The van der Waals surface area contributed by atoms with Gasteiger partial charge in [0.1, 0.15) is 5.75 Å². The Morgan fingerprint density at radius 1 is 1.27 bits per heavy atom. The van der Waals surface area contributed by atoms with E-state index in [0.717, 1.165) is 24.3 Å². The Balaban J connectivity index is 2.03. The van der Waals surface area contributed by atoms with Crippen molar-refractivity contribution in [1.29, 1.82) is 0 Å². The summed E-state index contributed by atoms with van der Waals surface area (Å²) in [5, 5.41) is 2.12. The fourth-order valence-electron chi connectivity index (χ4n) is 2.93. The number of methoxy groups -OCH3 is 1. The molecule has 1 aromatic carbocycles. The van der Waals surface area contributed by atoms with Crippen LogP contribution < -0.4 is 4.74 Å². The van der Waals surface area contributed by atoms with Gasteiger partial charge in [-0.05, 0) is 41.1 Å². The minimum Gasteiger partial charge on any atom is -0.497 e. The van der Waals surface area contributed by atoms with Gasteiger partial charge in [0.15, 0.2) is 0 Å². The average molecular weight is 316 g/mol. The molecule has 0 saturated carbocycles. The third-order valence-corrected chi connectivity index (χ3v) is 5.02. The second-order valence-corrected chi connectivity index (χ2v) is 6.60. The average Bonchev–Trinajstić information content (AvgIpc) is 3.01. The number of hydrogen-bond acceptors (Lipinski definition) is 3. The highest BCUT2D eigenvalue weighted by atomic mass is 32.1. The highest BCUT2D eigenvalue weighted by Crippen LogP contribution is 2.38. The van der Waals surface area contributed by atoms with Gasteiger partial charge >= 0.3 is 6.03 Å². The van der Waals surface area contributed by atoms with Crippen molar-refractivity contribution in [2.24, 2.45) is 0 Å². The molecule has 116 valence electrons. The maximum atomic E-state index is 12.6. The van der Waals surface area contributed by atoms with Crippen LogP contribution in [0.3, 0.4) is 0 Å². The molecule has 5 heteroatoms. The highest BCUT2D eigenvalue weighted by molar-refractivity contribution is 7.10. The Morgan fingerprint density at radius 3 is 2.64 bits per heavy atom.